The van der Waals surface area contributed by atoms with Gasteiger partial charge in [0.1, 0.15) is 11.4 Å². The van der Waals surface area contributed by atoms with Crippen molar-refractivity contribution in [2.24, 2.45) is 20.5 Å². The van der Waals surface area contributed by atoms with Gasteiger partial charge in [0.2, 0.25) is 0 Å². The average Bonchev–Trinajstić information content (AvgIpc) is 3.31. The van der Waals surface area contributed by atoms with Crippen LogP contribution >= 0.6 is 0 Å². The zero-order chi connectivity index (χ0) is 45.3. The number of hydrogen-bond donors (Lipinski definition) is 4. The standard InChI is InChI=1S/C50H44N6O8/c1-5-29-23-37(51-47(59)40-27-31-15-9-11-21-38(31)43(45(40)57)55-53-35-19-13-17-33(25-35)49(61)63-7-3)24-30(6-2)42(29)52-48(60)41-28-32-16-10-12-22-39(32)44(46(41)58)56-54-36-20-14-18-34(26-36)50(62)64-8-4/h9-28,57-58H,5-8H2,1-4H3,(H,51,59)(H,52,60). The molecular formula is C50H44N6O8. The number of carbonyl (C=O) groups is 4. The van der Waals surface area contributed by atoms with Crippen molar-refractivity contribution in [3.05, 3.63) is 155 Å². The lowest BCUT2D eigenvalue weighted by Gasteiger charge is -2.18. The molecule has 0 aromatic heterocycles. The normalized spacial score (nSPS) is 11.3. The first-order valence-corrected chi connectivity index (χ1v) is 20.7. The summed E-state index contributed by atoms with van der Waals surface area (Å²) in [4.78, 5) is 52.8. The van der Waals surface area contributed by atoms with Crippen LogP contribution in [0.1, 0.15) is 80.3 Å². The predicted octanol–water partition coefficient (Wildman–Crippen LogP) is 12.2. The van der Waals surface area contributed by atoms with Crippen molar-refractivity contribution in [1.82, 2.24) is 0 Å². The number of rotatable bonds is 14. The van der Waals surface area contributed by atoms with Gasteiger partial charge >= 0.3 is 11.9 Å². The number of carbonyl (C=O) groups excluding carboxylic acids is 4. The molecule has 322 valence electrons. The first-order chi connectivity index (χ1) is 31.0. The highest BCUT2D eigenvalue weighted by atomic mass is 16.5. The van der Waals surface area contributed by atoms with Crippen molar-refractivity contribution in [2.45, 2.75) is 40.5 Å². The Labute approximate surface area is 368 Å². The van der Waals surface area contributed by atoms with Gasteiger partial charge in [0.05, 0.1) is 46.8 Å². The number of aromatic hydroxyl groups is 2. The highest BCUT2D eigenvalue weighted by Crippen LogP contribution is 2.42. The van der Waals surface area contributed by atoms with Crippen molar-refractivity contribution in [3.8, 4) is 11.5 Å². The van der Waals surface area contributed by atoms with Crippen LogP contribution in [0, 0.1) is 0 Å². The van der Waals surface area contributed by atoms with E-state index in [0.29, 0.717) is 79.4 Å². The predicted molar refractivity (Wildman–Crippen MR) is 245 cm³/mol. The number of azo groups is 2. The van der Waals surface area contributed by atoms with E-state index in [9.17, 15) is 29.4 Å². The second kappa shape index (κ2) is 19.6. The van der Waals surface area contributed by atoms with Gasteiger partial charge in [-0.15, -0.1) is 10.2 Å². The summed E-state index contributed by atoms with van der Waals surface area (Å²) in [5.74, 6) is -3.00. The molecule has 7 aromatic carbocycles. The van der Waals surface area contributed by atoms with E-state index in [2.05, 4.69) is 31.1 Å². The van der Waals surface area contributed by atoms with Crippen molar-refractivity contribution < 1.29 is 38.9 Å². The first-order valence-electron chi connectivity index (χ1n) is 20.7. The van der Waals surface area contributed by atoms with E-state index < -0.39 is 29.5 Å². The molecule has 0 fully saturated rings. The Balaban J connectivity index is 1.17. The summed E-state index contributed by atoms with van der Waals surface area (Å²) in [5, 5.41) is 48.7. The zero-order valence-electron chi connectivity index (χ0n) is 35.5. The molecule has 0 atom stereocenters. The summed E-state index contributed by atoms with van der Waals surface area (Å²) < 4.78 is 10.2. The number of aryl methyl sites for hydroxylation is 2. The van der Waals surface area contributed by atoms with E-state index in [0.717, 1.165) is 0 Å². The number of ether oxygens (including phenoxy) is 2. The minimum Gasteiger partial charge on any atom is -0.505 e. The van der Waals surface area contributed by atoms with Crippen molar-refractivity contribution in [3.63, 3.8) is 0 Å². The Bertz CT molecular complexity index is 2990. The Morgan fingerprint density at radius 3 is 1.39 bits per heavy atom. The van der Waals surface area contributed by atoms with Crippen molar-refractivity contribution in [1.29, 1.82) is 0 Å². The summed E-state index contributed by atoms with van der Waals surface area (Å²) in [7, 11) is 0. The number of hydrogen-bond acceptors (Lipinski definition) is 12. The molecule has 0 unspecified atom stereocenters. The Morgan fingerprint density at radius 2 is 0.953 bits per heavy atom. The average molecular weight is 857 g/mol. The fourth-order valence-electron chi connectivity index (χ4n) is 7.16. The van der Waals surface area contributed by atoms with Gasteiger partial charge in [-0.25, -0.2) is 9.59 Å². The van der Waals surface area contributed by atoms with Gasteiger partial charge in [0.15, 0.2) is 11.5 Å². The molecule has 2 amide bonds. The number of benzene rings is 7. The molecule has 0 spiro atoms. The summed E-state index contributed by atoms with van der Waals surface area (Å²) >= 11 is 0. The van der Waals surface area contributed by atoms with Crippen LogP contribution in [-0.2, 0) is 22.3 Å². The summed E-state index contributed by atoms with van der Waals surface area (Å²) in [6, 6.07) is 33.7. The van der Waals surface area contributed by atoms with Crippen LogP contribution in [0.3, 0.4) is 0 Å². The van der Waals surface area contributed by atoms with Crippen LogP contribution in [0.15, 0.2) is 142 Å². The van der Waals surface area contributed by atoms with Crippen LogP contribution in [0.2, 0.25) is 0 Å². The largest absolute Gasteiger partial charge is 0.505 e. The van der Waals surface area contributed by atoms with E-state index in [1.165, 1.54) is 12.1 Å². The van der Waals surface area contributed by atoms with E-state index in [-0.39, 0.29) is 41.5 Å². The van der Waals surface area contributed by atoms with Crippen LogP contribution in [0.5, 0.6) is 11.5 Å². The molecular weight excluding hydrogens is 813 g/mol. The fourth-order valence-corrected chi connectivity index (χ4v) is 7.16. The number of nitrogens with one attached hydrogen (secondary N) is 2. The molecule has 14 heteroatoms. The lowest BCUT2D eigenvalue weighted by molar-refractivity contribution is 0.0517. The van der Waals surface area contributed by atoms with Crippen molar-refractivity contribution in [2.75, 3.05) is 23.8 Å². The highest BCUT2D eigenvalue weighted by molar-refractivity contribution is 6.14. The molecule has 0 heterocycles. The molecule has 4 N–H and O–H groups in total. The van der Waals surface area contributed by atoms with Gasteiger partial charge in [0, 0.05) is 22.1 Å². The molecule has 0 radical (unpaired) electrons. The minimum absolute atomic E-state index is 0.0409. The zero-order valence-corrected chi connectivity index (χ0v) is 35.5. The van der Waals surface area contributed by atoms with Crippen molar-refractivity contribution >= 4 is 79.4 Å². The van der Waals surface area contributed by atoms with Crippen LogP contribution in [0.4, 0.5) is 34.1 Å². The monoisotopic (exact) mass is 856 g/mol. The third kappa shape index (κ3) is 9.45. The summed E-state index contributed by atoms with van der Waals surface area (Å²) in [6.07, 6.45) is 0.924. The number of phenols is 2. The van der Waals surface area contributed by atoms with Gasteiger partial charge in [-0.05, 0) is 109 Å². The number of fused-ring (bicyclic) bond motifs is 2. The Kier molecular flexibility index (Phi) is 13.4. The molecule has 0 saturated heterocycles. The maximum absolute atomic E-state index is 14.1. The third-order valence-corrected chi connectivity index (χ3v) is 10.3. The van der Waals surface area contributed by atoms with Gasteiger partial charge in [-0.2, -0.15) is 10.2 Å². The highest BCUT2D eigenvalue weighted by Gasteiger charge is 2.23. The van der Waals surface area contributed by atoms with E-state index in [4.69, 9.17) is 9.47 Å². The summed E-state index contributed by atoms with van der Waals surface area (Å²) in [5.41, 5.74) is 3.65. The lowest BCUT2D eigenvalue weighted by atomic mass is 9.99. The number of nitrogens with zero attached hydrogens (tertiary/aromatic N) is 4. The lowest BCUT2D eigenvalue weighted by Crippen LogP contribution is -2.17. The van der Waals surface area contributed by atoms with Crippen LogP contribution in [-0.4, -0.2) is 47.2 Å². The third-order valence-electron chi connectivity index (χ3n) is 10.3. The molecule has 0 bridgehead atoms. The van der Waals surface area contributed by atoms with Gasteiger partial charge in [-0.3, -0.25) is 9.59 Å². The topological polar surface area (TPSA) is 201 Å². The maximum atomic E-state index is 14.1. The number of phenolic OH excluding ortho intramolecular Hbond substituents is 2. The molecule has 0 saturated carbocycles. The smallest absolute Gasteiger partial charge is 0.338 e. The molecule has 14 nitrogen and oxygen atoms in total. The maximum Gasteiger partial charge on any atom is 0.338 e. The Morgan fingerprint density at radius 1 is 0.516 bits per heavy atom. The van der Waals surface area contributed by atoms with E-state index in [1.54, 1.807) is 123 Å². The minimum atomic E-state index is -0.611. The second-order valence-corrected chi connectivity index (χ2v) is 14.4. The Hall–Kier alpha value is -8.26. The molecule has 0 aliphatic carbocycles. The van der Waals surface area contributed by atoms with Crippen LogP contribution in [0.25, 0.3) is 21.5 Å². The molecule has 64 heavy (non-hydrogen) atoms. The number of esters is 2. The SMILES string of the molecule is CCOC(=O)c1cccc(N=Nc2c(O)c(C(=O)Nc3cc(CC)c(NC(=O)c4cc5ccccc5c(N=Nc5cccc(C(=O)OCC)c5)c4O)c(CC)c3)cc3ccccc23)c1. The van der Waals surface area contributed by atoms with Crippen LogP contribution < -0.4 is 10.6 Å². The summed E-state index contributed by atoms with van der Waals surface area (Å²) in [6.45, 7) is 7.68. The first kappa shape index (κ1) is 43.8. The molecule has 0 aliphatic heterocycles. The molecule has 7 aromatic rings. The van der Waals surface area contributed by atoms with Gasteiger partial charge < -0.3 is 30.3 Å². The number of anilines is 2. The van der Waals surface area contributed by atoms with E-state index in [1.807, 2.05) is 13.8 Å². The number of amides is 2. The molecule has 0 aliphatic rings. The second-order valence-electron chi connectivity index (χ2n) is 14.4. The van der Waals surface area contributed by atoms with Gasteiger partial charge in [-0.1, -0.05) is 74.5 Å². The molecule has 7 rings (SSSR count). The van der Waals surface area contributed by atoms with E-state index >= 15 is 0 Å². The quantitative estimate of drug-likeness (QED) is 0.0611. The fraction of sp³-hybridized carbons (Fsp3) is 0.160. The van der Waals surface area contributed by atoms with Gasteiger partial charge in [0.25, 0.3) is 11.8 Å².